The van der Waals surface area contributed by atoms with Crippen LogP contribution in [0.5, 0.6) is 0 Å². The second-order valence-electron chi connectivity index (χ2n) is 6.26. The van der Waals surface area contributed by atoms with Gasteiger partial charge in [-0.05, 0) is 30.5 Å². The van der Waals surface area contributed by atoms with Gasteiger partial charge in [0.25, 0.3) is 0 Å². The van der Waals surface area contributed by atoms with Crippen molar-refractivity contribution in [3.63, 3.8) is 0 Å². The van der Waals surface area contributed by atoms with Crippen LogP contribution in [0, 0.1) is 0 Å². The molecule has 0 aromatic heterocycles. The lowest BCUT2D eigenvalue weighted by Crippen LogP contribution is -2.28. The van der Waals surface area contributed by atoms with E-state index in [-0.39, 0.29) is 0 Å². The maximum absolute atomic E-state index is 11.2. The number of hydrogen-bond acceptors (Lipinski definition) is 3. The number of hydrogen-bond donors (Lipinski definition) is 2. The van der Waals surface area contributed by atoms with Crippen LogP contribution in [0.1, 0.15) is 57.9 Å². The molecule has 0 radical (unpaired) electrons. The Morgan fingerprint density at radius 1 is 1.08 bits per heavy atom. The summed E-state index contributed by atoms with van der Waals surface area (Å²) in [6.45, 7) is 5.33. The molecule has 1 unspecified atom stereocenters. The van der Waals surface area contributed by atoms with Crippen molar-refractivity contribution < 1.29 is 8.42 Å². The van der Waals surface area contributed by atoms with Gasteiger partial charge in [0, 0.05) is 18.3 Å². The number of nitrogens with one attached hydrogen (secondary N) is 2. The molecular formula is C19H32N2O2S. The molecule has 1 aromatic rings. The Labute approximate surface area is 147 Å². The van der Waals surface area contributed by atoms with Crippen molar-refractivity contribution in [1.29, 1.82) is 0 Å². The van der Waals surface area contributed by atoms with E-state index in [1.54, 1.807) is 12.1 Å². The molecule has 136 valence electrons. The minimum absolute atomic E-state index is 0.589. The summed E-state index contributed by atoms with van der Waals surface area (Å²) in [6.07, 6.45) is 13.0. The van der Waals surface area contributed by atoms with Gasteiger partial charge in [0.1, 0.15) is 0 Å². The summed E-state index contributed by atoms with van der Waals surface area (Å²) in [7, 11) is -3.21. The number of unbranched alkanes of at least 4 members (excludes halogenated alkanes) is 3. The second kappa shape index (κ2) is 11.3. The van der Waals surface area contributed by atoms with Crippen LogP contribution in [0.4, 0.5) is 5.69 Å². The van der Waals surface area contributed by atoms with Crippen LogP contribution in [0.2, 0.25) is 0 Å². The van der Waals surface area contributed by atoms with Crippen LogP contribution in [0.25, 0.3) is 6.08 Å². The zero-order valence-corrected chi connectivity index (χ0v) is 16.0. The minimum Gasteiger partial charge on any atom is -0.311 e. The molecule has 0 saturated heterocycles. The van der Waals surface area contributed by atoms with Crippen molar-refractivity contribution in [2.45, 2.75) is 58.4 Å². The summed E-state index contributed by atoms with van der Waals surface area (Å²) >= 11 is 0. The first-order valence-electron chi connectivity index (χ1n) is 8.92. The van der Waals surface area contributed by atoms with Gasteiger partial charge in [0.15, 0.2) is 0 Å². The fourth-order valence-corrected chi connectivity index (χ4v) is 3.14. The first-order chi connectivity index (χ1) is 11.4. The van der Waals surface area contributed by atoms with Gasteiger partial charge in [-0.15, -0.1) is 0 Å². The van der Waals surface area contributed by atoms with E-state index in [0.717, 1.165) is 24.8 Å². The zero-order valence-electron chi connectivity index (χ0n) is 15.2. The van der Waals surface area contributed by atoms with E-state index in [1.165, 1.54) is 32.1 Å². The topological polar surface area (TPSA) is 58.2 Å². The van der Waals surface area contributed by atoms with Gasteiger partial charge in [0.2, 0.25) is 10.0 Å². The average molecular weight is 353 g/mol. The van der Waals surface area contributed by atoms with Gasteiger partial charge in [-0.2, -0.15) is 0 Å². The third-order valence-electron chi connectivity index (χ3n) is 3.95. The molecule has 0 aliphatic rings. The van der Waals surface area contributed by atoms with E-state index >= 15 is 0 Å². The van der Waals surface area contributed by atoms with Gasteiger partial charge in [-0.3, -0.25) is 4.72 Å². The summed E-state index contributed by atoms with van der Waals surface area (Å²) in [5.74, 6) is 0. The summed E-state index contributed by atoms with van der Waals surface area (Å²) in [5.41, 5.74) is 1.65. The van der Waals surface area contributed by atoms with Crippen LogP contribution < -0.4 is 10.0 Å². The molecule has 1 atom stereocenters. The molecule has 0 amide bonds. The Morgan fingerprint density at radius 2 is 1.79 bits per heavy atom. The van der Waals surface area contributed by atoms with Crippen LogP contribution in [0.15, 0.2) is 30.3 Å². The van der Waals surface area contributed by atoms with Crippen molar-refractivity contribution in [3.05, 3.63) is 35.9 Å². The normalized spacial score (nSPS) is 13.3. The van der Waals surface area contributed by atoms with Crippen molar-refractivity contribution >= 4 is 21.8 Å². The number of anilines is 1. The Kier molecular flexibility index (Phi) is 9.72. The Bertz CT molecular complexity index is 580. The molecule has 0 saturated carbocycles. The molecule has 0 aliphatic carbocycles. The van der Waals surface area contributed by atoms with Gasteiger partial charge in [0.05, 0.1) is 6.26 Å². The zero-order chi connectivity index (χ0) is 17.8. The van der Waals surface area contributed by atoms with E-state index < -0.39 is 10.0 Å². The number of sulfonamides is 1. The lowest BCUT2D eigenvalue weighted by Gasteiger charge is -2.15. The SMILES string of the molecule is CCCCCCC(CC)NCC=Cc1ccc(NS(C)(=O)=O)cc1. The summed E-state index contributed by atoms with van der Waals surface area (Å²) in [5, 5.41) is 3.58. The van der Waals surface area contributed by atoms with Gasteiger partial charge in [-0.25, -0.2) is 8.42 Å². The smallest absolute Gasteiger partial charge is 0.229 e. The molecule has 0 bridgehead atoms. The van der Waals surface area contributed by atoms with Gasteiger partial charge >= 0.3 is 0 Å². The molecule has 0 spiro atoms. The Balaban J connectivity index is 2.35. The third kappa shape index (κ3) is 9.73. The average Bonchev–Trinajstić information content (AvgIpc) is 2.53. The Morgan fingerprint density at radius 3 is 2.38 bits per heavy atom. The van der Waals surface area contributed by atoms with Crippen LogP contribution >= 0.6 is 0 Å². The minimum atomic E-state index is -3.21. The predicted octanol–water partition coefficient (Wildman–Crippen LogP) is 4.41. The first-order valence-corrected chi connectivity index (χ1v) is 10.8. The highest BCUT2D eigenvalue weighted by atomic mass is 32.2. The van der Waals surface area contributed by atoms with E-state index in [9.17, 15) is 8.42 Å². The van der Waals surface area contributed by atoms with Gasteiger partial charge in [-0.1, -0.05) is 63.8 Å². The molecule has 4 nitrogen and oxygen atoms in total. The monoisotopic (exact) mass is 352 g/mol. The summed E-state index contributed by atoms with van der Waals surface area (Å²) in [4.78, 5) is 0. The predicted molar refractivity (Wildman–Crippen MR) is 105 cm³/mol. The largest absolute Gasteiger partial charge is 0.311 e. The molecule has 1 aromatic carbocycles. The molecule has 1 rings (SSSR count). The lowest BCUT2D eigenvalue weighted by atomic mass is 10.1. The summed E-state index contributed by atoms with van der Waals surface area (Å²) in [6, 6.07) is 7.96. The van der Waals surface area contributed by atoms with Crippen LogP contribution in [-0.2, 0) is 10.0 Å². The van der Waals surface area contributed by atoms with E-state index in [1.807, 2.05) is 12.1 Å². The summed E-state index contributed by atoms with van der Waals surface area (Å²) < 4.78 is 24.8. The van der Waals surface area contributed by atoms with Crippen LogP contribution in [-0.4, -0.2) is 27.3 Å². The second-order valence-corrected chi connectivity index (χ2v) is 8.01. The highest BCUT2D eigenvalue weighted by Crippen LogP contribution is 2.12. The molecule has 5 heteroatoms. The van der Waals surface area contributed by atoms with Crippen molar-refractivity contribution in [2.75, 3.05) is 17.5 Å². The fraction of sp³-hybridized carbons (Fsp3) is 0.579. The first kappa shape index (κ1) is 20.7. The quantitative estimate of drug-likeness (QED) is 0.548. The van der Waals surface area contributed by atoms with Crippen molar-refractivity contribution in [1.82, 2.24) is 5.32 Å². The number of benzene rings is 1. The van der Waals surface area contributed by atoms with E-state index in [0.29, 0.717) is 11.7 Å². The van der Waals surface area contributed by atoms with E-state index in [2.05, 4.69) is 36.0 Å². The molecule has 0 aliphatic heterocycles. The highest BCUT2D eigenvalue weighted by Gasteiger charge is 2.03. The molecule has 2 N–H and O–H groups in total. The van der Waals surface area contributed by atoms with E-state index in [4.69, 9.17) is 0 Å². The fourth-order valence-electron chi connectivity index (χ4n) is 2.57. The van der Waals surface area contributed by atoms with Crippen LogP contribution in [0.3, 0.4) is 0 Å². The third-order valence-corrected chi connectivity index (χ3v) is 4.55. The van der Waals surface area contributed by atoms with Gasteiger partial charge < -0.3 is 5.32 Å². The molecule has 24 heavy (non-hydrogen) atoms. The number of rotatable bonds is 12. The standard InChI is InChI=1S/C19H32N2O2S/c1-4-6-7-8-11-18(5-2)20-16-9-10-17-12-14-19(15-13-17)21-24(3,22)23/h9-10,12-15,18,20-21H,4-8,11,16H2,1-3H3. The van der Waals surface area contributed by atoms with Crippen molar-refractivity contribution in [3.8, 4) is 0 Å². The molecule has 0 heterocycles. The van der Waals surface area contributed by atoms with Crippen molar-refractivity contribution in [2.24, 2.45) is 0 Å². The molecular weight excluding hydrogens is 320 g/mol. The lowest BCUT2D eigenvalue weighted by molar-refractivity contribution is 0.462. The maximum Gasteiger partial charge on any atom is 0.229 e. The molecule has 0 fully saturated rings. The highest BCUT2D eigenvalue weighted by molar-refractivity contribution is 7.92. The maximum atomic E-state index is 11.2. The Hall–Kier alpha value is -1.33.